The summed E-state index contributed by atoms with van der Waals surface area (Å²) < 4.78 is 15.5. The van der Waals surface area contributed by atoms with Gasteiger partial charge in [-0.25, -0.2) is 0 Å². The molecular weight excluding hydrogens is 352 g/mol. The Balaban J connectivity index is 2.15. The summed E-state index contributed by atoms with van der Waals surface area (Å²) in [6.45, 7) is -1.30. The summed E-state index contributed by atoms with van der Waals surface area (Å²) in [4.78, 5) is 0. The van der Waals surface area contributed by atoms with Crippen LogP contribution in [0.25, 0.3) is 0 Å². The van der Waals surface area contributed by atoms with Crippen molar-refractivity contribution in [2.75, 3.05) is 20.3 Å². The molecule has 0 aromatic heterocycles. The van der Waals surface area contributed by atoms with Gasteiger partial charge in [0.15, 0.2) is 17.8 Å². The molecule has 148 valence electrons. The molecule has 1 aliphatic heterocycles. The molecule has 0 radical (unpaired) electrons. The van der Waals surface area contributed by atoms with Crippen LogP contribution >= 0.6 is 0 Å². The average Bonchev–Trinajstić information content (AvgIpc) is 2.65. The lowest BCUT2D eigenvalue weighted by molar-refractivity contribution is -0.319. The van der Waals surface area contributed by atoms with Crippen molar-refractivity contribution < 1.29 is 50.0 Å². The van der Waals surface area contributed by atoms with Crippen LogP contribution in [-0.4, -0.2) is 92.9 Å². The Labute approximate surface area is 149 Å². The van der Waals surface area contributed by atoms with E-state index in [0.717, 1.165) is 0 Å². The summed E-state index contributed by atoms with van der Waals surface area (Å²) in [5, 5.41) is 68.2. The van der Waals surface area contributed by atoms with E-state index in [4.69, 9.17) is 14.2 Å². The molecule has 0 unspecified atom stereocenters. The van der Waals surface area contributed by atoms with Gasteiger partial charge in [-0.1, -0.05) is 6.07 Å². The first-order valence-corrected chi connectivity index (χ1v) is 7.95. The monoisotopic (exact) mass is 376 g/mol. The van der Waals surface area contributed by atoms with Crippen molar-refractivity contribution in [1.82, 2.24) is 0 Å². The van der Waals surface area contributed by atoms with Crippen LogP contribution in [-0.2, 0) is 9.47 Å². The van der Waals surface area contributed by atoms with Crippen LogP contribution in [0.5, 0.6) is 11.5 Å². The van der Waals surface area contributed by atoms with Crippen molar-refractivity contribution in [3.05, 3.63) is 23.8 Å². The molecule has 10 nitrogen and oxygen atoms in total. The Morgan fingerprint density at radius 2 is 1.81 bits per heavy atom. The van der Waals surface area contributed by atoms with Gasteiger partial charge in [0.1, 0.15) is 36.6 Å². The van der Waals surface area contributed by atoms with Gasteiger partial charge in [-0.05, 0) is 17.7 Å². The minimum Gasteiger partial charge on any atom is -0.504 e. The number of benzene rings is 1. The summed E-state index contributed by atoms with van der Waals surface area (Å²) in [6.07, 6.45) is -10.2. The van der Waals surface area contributed by atoms with Crippen molar-refractivity contribution >= 4 is 0 Å². The largest absolute Gasteiger partial charge is 0.504 e. The van der Waals surface area contributed by atoms with Gasteiger partial charge in [-0.3, -0.25) is 0 Å². The first-order valence-electron chi connectivity index (χ1n) is 7.95. The van der Waals surface area contributed by atoms with Crippen molar-refractivity contribution in [2.24, 2.45) is 0 Å². The van der Waals surface area contributed by atoms with Crippen molar-refractivity contribution in [3.63, 3.8) is 0 Å². The highest BCUT2D eigenvalue weighted by atomic mass is 16.7. The fourth-order valence-electron chi connectivity index (χ4n) is 2.66. The maximum Gasteiger partial charge on any atom is 0.187 e. The molecule has 0 amide bonds. The third-order valence-corrected chi connectivity index (χ3v) is 4.23. The van der Waals surface area contributed by atoms with E-state index in [9.17, 15) is 35.7 Å². The molecular formula is C16H24O10. The van der Waals surface area contributed by atoms with E-state index in [1.807, 2.05) is 0 Å². The number of aliphatic hydroxyl groups is 6. The SMILES string of the molecule is COc1cc([C@@H](O)[C@@H](CO)O[C@@H]2O[C@H](CO)[C@@H](O)[C@H](O)[C@H]2O)ccc1O. The lowest BCUT2D eigenvalue weighted by atomic mass is 9.99. The molecule has 7 N–H and O–H groups in total. The van der Waals surface area contributed by atoms with E-state index in [1.54, 1.807) is 0 Å². The summed E-state index contributed by atoms with van der Waals surface area (Å²) in [5.74, 6) is -0.0371. The zero-order valence-electron chi connectivity index (χ0n) is 14.0. The second-order valence-corrected chi connectivity index (χ2v) is 5.93. The summed E-state index contributed by atoms with van der Waals surface area (Å²) >= 11 is 0. The van der Waals surface area contributed by atoms with Gasteiger partial charge in [0.05, 0.1) is 20.3 Å². The topological polar surface area (TPSA) is 169 Å². The zero-order chi connectivity index (χ0) is 19.4. The molecule has 1 saturated heterocycles. The van der Waals surface area contributed by atoms with Gasteiger partial charge >= 0.3 is 0 Å². The van der Waals surface area contributed by atoms with Crippen molar-refractivity contribution in [3.8, 4) is 11.5 Å². The number of rotatable bonds is 7. The molecule has 1 aromatic rings. The molecule has 0 spiro atoms. The standard InChI is InChI=1S/C16H24O10/c1-24-9-4-7(2-3-8(9)19)12(20)10(5-17)25-16-15(23)14(22)13(21)11(6-18)26-16/h2-4,10-23H,5-6H2,1H3/t10-,11-,12-,13-,14+,15-,16-/m1/s1. The number of phenolic OH excluding ortho intramolecular Hbond substituents is 1. The van der Waals surface area contributed by atoms with Crippen LogP contribution in [0.4, 0.5) is 0 Å². The predicted octanol–water partition coefficient (Wildman–Crippen LogP) is -2.39. The van der Waals surface area contributed by atoms with Crippen LogP contribution < -0.4 is 4.74 Å². The molecule has 0 saturated carbocycles. The number of hydrogen-bond donors (Lipinski definition) is 7. The molecule has 10 heteroatoms. The maximum absolute atomic E-state index is 10.4. The highest BCUT2D eigenvalue weighted by Gasteiger charge is 2.45. The Kier molecular flexibility index (Phi) is 7.15. The average molecular weight is 376 g/mol. The van der Waals surface area contributed by atoms with Crippen molar-refractivity contribution in [1.29, 1.82) is 0 Å². The summed E-state index contributed by atoms with van der Waals surface area (Å²) in [7, 11) is 1.33. The molecule has 1 aliphatic rings. The normalized spacial score (nSPS) is 31.4. The van der Waals surface area contributed by atoms with Crippen LogP contribution in [0.1, 0.15) is 11.7 Å². The Hall–Kier alpha value is -1.50. The second-order valence-electron chi connectivity index (χ2n) is 5.93. The van der Waals surface area contributed by atoms with Crippen LogP contribution in [0.3, 0.4) is 0 Å². The smallest absolute Gasteiger partial charge is 0.187 e. The fourth-order valence-corrected chi connectivity index (χ4v) is 2.66. The number of aromatic hydroxyl groups is 1. The third-order valence-electron chi connectivity index (χ3n) is 4.23. The van der Waals surface area contributed by atoms with E-state index in [2.05, 4.69) is 0 Å². The van der Waals surface area contributed by atoms with Crippen LogP contribution in [0, 0.1) is 0 Å². The van der Waals surface area contributed by atoms with E-state index >= 15 is 0 Å². The molecule has 1 aromatic carbocycles. The fraction of sp³-hybridized carbons (Fsp3) is 0.625. The number of aliphatic hydroxyl groups excluding tert-OH is 6. The summed E-state index contributed by atoms with van der Waals surface area (Å²) in [6, 6.07) is 4.03. The predicted molar refractivity (Wildman–Crippen MR) is 85.3 cm³/mol. The Bertz CT molecular complexity index is 580. The first kappa shape index (κ1) is 20.8. The Morgan fingerprint density at radius 3 is 2.38 bits per heavy atom. The second kappa shape index (κ2) is 8.93. The van der Waals surface area contributed by atoms with E-state index in [-0.39, 0.29) is 17.1 Å². The van der Waals surface area contributed by atoms with Gasteiger partial charge < -0.3 is 50.0 Å². The Morgan fingerprint density at radius 1 is 1.12 bits per heavy atom. The molecule has 0 bridgehead atoms. The number of methoxy groups -OCH3 is 1. The van der Waals surface area contributed by atoms with Crippen LogP contribution in [0.15, 0.2) is 18.2 Å². The minimum absolute atomic E-state index is 0.103. The van der Waals surface area contributed by atoms with E-state index in [1.165, 1.54) is 25.3 Å². The lowest BCUT2D eigenvalue weighted by Crippen LogP contribution is -2.60. The number of hydrogen-bond acceptors (Lipinski definition) is 10. The quantitative estimate of drug-likeness (QED) is 0.272. The number of phenols is 1. The zero-order valence-corrected chi connectivity index (χ0v) is 14.0. The molecule has 0 aliphatic carbocycles. The molecule has 2 rings (SSSR count). The van der Waals surface area contributed by atoms with E-state index in [0.29, 0.717) is 0 Å². The van der Waals surface area contributed by atoms with Crippen LogP contribution in [0.2, 0.25) is 0 Å². The molecule has 7 atom stereocenters. The van der Waals surface area contributed by atoms with Gasteiger partial charge in [-0.15, -0.1) is 0 Å². The molecule has 1 heterocycles. The van der Waals surface area contributed by atoms with Gasteiger partial charge in [-0.2, -0.15) is 0 Å². The third kappa shape index (κ3) is 4.24. The number of ether oxygens (including phenoxy) is 3. The van der Waals surface area contributed by atoms with Gasteiger partial charge in [0.2, 0.25) is 0 Å². The van der Waals surface area contributed by atoms with Crippen molar-refractivity contribution in [2.45, 2.75) is 42.9 Å². The van der Waals surface area contributed by atoms with Gasteiger partial charge in [0, 0.05) is 0 Å². The lowest BCUT2D eigenvalue weighted by Gasteiger charge is -2.41. The maximum atomic E-state index is 10.4. The molecule has 1 fully saturated rings. The minimum atomic E-state index is -1.66. The first-order chi connectivity index (χ1) is 12.3. The molecule has 26 heavy (non-hydrogen) atoms. The highest BCUT2D eigenvalue weighted by Crippen LogP contribution is 2.32. The van der Waals surface area contributed by atoms with Gasteiger partial charge in [0.25, 0.3) is 0 Å². The summed E-state index contributed by atoms with van der Waals surface area (Å²) in [5.41, 5.74) is 0.253. The van der Waals surface area contributed by atoms with E-state index < -0.39 is 56.1 Å². The highest BCUT2D eigenvalue weighted by molar-refractivity contribution is 5.42.